The lowest BCUT2D eigenvalue weighted by Crippen LogP contribution is -2.46. The van der Waals surface area contributed by atoms with Gasteiger partial charge in [-0.05, 0) is 69.4 Å². The summed E-state index contributed by atoms with van der Waals surface area (Å²) in [5.74, 6) is 0.986. The number of likely N-dealkylation sites (tertiary alicyclic amines) is 1. The zero-order valence-corrected chi connectivity index (χ0v) is 15.2. The van der Waals surface area contributed by atoms with Gasteiger partial charge in [0.2, 0.25) is 5.91 Å². The van der Waals surface area contributed by atoms with Gasteiger partial charge in [0.25, 0.3) is 0 Å². The number of carbonyl (C=O) groups is 1. The molecule has 134 valence electrons. The third-order valence-corrected chi connectivity index (χ3v) is 5.53. The van der Waals surface area contributed by atoms with Gasteiger partial charge in [0, 0.05) is 10.9 Å². The number of thioether (sulfide) groups is 1. The van der Waals surface area contributed by atoms with Gasteiger partial charge in [0.15, 0.2) is 0 Å². The Morgan fingerprint density at radius 2 is 2.00 bits per heavy atom. The second-order valence-electron chi connectivity index (χ2n) is 6.38. The van der Waals surface area contributed by atoms with E-state index in [-0.39, 0.29) is 17.8 Å². The minimum atomic E-state index is -0.263. The number of halogens is 1. The van der Waals surface area contributed by atoms with Crippen molar-refractivity contribution in [2.24, 2.45) is 0 Å². The molecule has 1 aliphatic heterocycles. The second-order valence-corrected chi connectivity index (χ2v) is 7.43. The van der Waals surface area contributed by atoms with Crippen LogP contribution >= 0.6 is 11.8 Å². The second kappa shape index (κ2) is 8.54. The Morgan fingerprint density at radius 3 is 2.64 bits per heavy atom. The number of nitrogens with zero attached hydrogens (tertiary/aromatic N) is 2. The van der Waals surface area contributed by atoms with Crippen molar-refractivity contribution < 1.29 is 13.6 Å². The summed E-state index contributed by atoms with van der Waals surface area (Å²) in [7, 11) is 2.11. The molecule has 0 bridgehead atoms. The van der Waals surface area contributed by atoms with Crippen LogP contribution in [0.15, 0.2) is 52.0 Å². The fourth-order valence-electron chi connectivity index (χ4n) is 3.06. The topological polar surface area (TPSA) is 36.7 Å². The predicted molar refractivity (Wildman–Crippen MR) is 96.9 cm³/mol. The molecular formula is C19H23FN2O2S. The molecule has 1 fully saturated rings. The molecule has 3 rings (SSSR count). The van der Waals surface area contributed by atoms with E-state index in [9.17, 15) is 9.18 Å². The molecule has 4 nitrogen and oxygen atoms in total. The smallest absolute Gasteiger partial charge is 0.233 e. The van der Waals surface area contributed by atoms with Gasteiger partial charge in [0.1, 0.15) is 11.6 Å². The molecule has 0 unspecified atom stereocenters. The number of benzene rings is 1. The number of furan rings is 1. The standard InChI is InChI=1S/C19H23FN2O2S/c1-21-10-8-16(9-11-21)22(13-17-3-2-12-24-17)19(23)14-25-18-6-4-15(20)5-7-18/h2-7,12,16H,8-11,13-14H2,1H3. The zero-order valence-electron chi connectivity index (χ0n) is 14.4. The normalized spacial score (nSPS) is 16.1. The van der Waals surface area contributed by atoms with Crippen LogP contribution in [-0.2, 0) is 11.3 Å². The fraction of sp³-hybridized carbons (Fsp3) is 0.421. The fourth-order valence-corrected chi connectivity index (χ4v) is 3.84. The summed E-state index contributed by atoms with van der Waals surface area (Å²) < 4.78 is 18.5. The maximum absolute atomic E-state index is 13.0. The largest absolute Gasteiger partial charge is 0.467 e. The minimum Gasteiger partial charge on any atom is -0.467 e. The van der Waals surface area contributed by atoms with Crippen molar-refractivity contribution in [2.45, 2.75) is 30.3 Å². The quantitative estimate of drug-likeness (QED) is 0.735. The molecule has 1 aromatic carbocycles. The molecule has 25 heavy (non-hydrogen) atoms. The molecule has 1 saturated heterocycles. The zero-order chi connectivity index (χ0) is 17.6. The number of piperidine rings is 1. The Hall–Kier alpha value is -1.79. The van der Waals surface area contributed by atoms with E-state index in [0.29, 0.717) is 12.3 Å². The Kier molecular flexibility index (Phi) is 6.15. The van der Waals surface area contributed by atoms with Crippen molar-refractivity contribution in [3.05, 3.63) is 54.2 Å². The summed E-state index contributed by atoms with van der Waals surface area (Å²) in [5, 5.41) is 0. The predicted octanol–water partition coefficient (Wildman–Crippen LogP) is 3.63. The van der Waals surface area contributed by atoms with Gasteiger partial charge >= 0.3 is 0 Å². The number of amides is 1. The lowest BCUT2D eigenvalue weighted by Gasteiger charge is -2.37. The lowest BCUT2D eigenvalue weighted by atomic mass is 10.0. The number of hydrogen-bond donors (Lipinski definition) is 0. The molecule has 0 aliphatic carbocycles. The van der Waals surface area contributed by atoms with Crippen LogP contribution in [0, 0.1) is 5.82 Å². The first kappa shape index (κ1) is 18.0. The van der Waals surface area contributed by atoms with Crippen LogP contribution in [0.3, 0.4) is 0 Å². The SMILES string of the molecule is CN1CCC(N(Cc2ccco2)C(=O)CSc2ccc(F)cc2)CC1. The minimum absolute atomic E-state index is 0.0975. The van der Waals surface area contributed by atoms with E-state index in [1.54, 1.807) is 18.4 Å². The molecule has 2 aromatic rings. The summed E-state index contributed by atoms with van der Waals surface area (Å²) in [6.07, 6.45) is 3.59. The lowest BCUT2D eigenvalue weighted by molar-refractivity contribution is -0.132. The van der Waals surface area contributed by atoms with Gasteiger partial charge in [-0.3, -0.25) is 4.79 Å². The maximum atomic E-state index is 13.0. The van der Waals surface area contributed by atoms with E-state index >= 15 is 0 Å². The molecule has 0 spiro atoms. The van der Waals surface area contributed by atoms with Crippen LogP contribution in [-0.4, -0.2) is 47.6 Å². The Morgan fingerprint density at radius 1 is 1.28 bits per heavy atom. The van der Waals surface area contributed by atoms with Crippen LogP contribution < -0.4 is 0 Å². The van der Waals surface area contributed by atoms with Gasteiger partial charge in [-0.25, -0.2) is 4.39 Å². The molecule has 6 heteroatoms. The molecular weight excluding hydrogens is 339 g/mol. The Balaban J connectivity index is 1.64. The summed E-state index contributed by atoms with van der Waals surface area (Å²) in [4.78, 5) is 18.0. The van der Waals surface area contributed by atoms with E-state index in [1.165, 1.54) is 23.9 Å². The van der Waals surface area contributed by atoms with Gasteiger partial charge < -0.3 is 14.2 Å². The molecule has 0 radical (unpaired) electrons. The number of hydrogen-bond acceptors (Lipinski definition) is 4. The van der Waals surface area contributed by atoms with Crippen molar-refractivity contribution in [3.63, 3.8) is 0 Å². The van der Waals surface area contributed by atoms with Crippen LogP contribution in [0.1, 0.15) is 18.6 Å². The first-order valence-corrected chi connectivity index (χ1v) is 9.49. The first-order chi connectivity index (χ1) is 12.1. The highest BCUT2D eigenvalue weighted by Crippen LogP contribution is 2.23. The van der Waals surface area contributed by atoms with Crippen molar-refractivity contribution >= 4 is 17.7 Å². The molecule has 0 N–H and O–H groups in total. The van der Waals surface area contributed by atoms with Gasteiger partial charge in [-0.1, -0.05) is 0 Å². The van der Waals surface area contributed by atoms with E-state index < -0.39 is 0 Å². The van der Waals surface area contributed by atoms with Crippen molar-refractivity contribution in [1.29, 1.82) is 0 Å². The van der Waals surface area contributed by atoms with E-state index in [1.807, 2.05) is 17.0 Å². The van der Waals surface area contributed by atoms with Crippen molar-refractivity contribution in [2.75, 3.05) is 25.9 Å². The Labute approximate surface area is 152 Å². The molecule has 0 saturated carbocycles. The highest BCUT2D eigenvalue weighted by molar-refractivity contribution is 8.00. The first-order valence-electron chi connectivity index (χ1n) is 8.50. The van der Waals surface area contributed by atoms with Crippen LogP contribution in [0.25, 0.3) is 0 Å². The van der Waals surface area contributed by atoms with E-state index in [4.69, 9.17) is 4.42 Å². The highest BCUT2D eigenvalue weighted by Gasteiger charge is 2.27. The van der Waals surface area contributed by atoms with Gasteiger partial charge in [-0.2, -0.15) is 0 Å². The van der Waals surface area contributed by atoms with Crippen LogP contribution in [0.5, 0.6) is 0 Å². The number of carbonyl (C=O) groups excluding carboxylic acids is 1. The molecule has 1 aliphatic rings. The summed E-state index contributed by atoms with van der Waals surface area (Å²) >= 11 is 1.44. The van der Waals surface area contributed by atoms with Crippen molar-refractivity contribution in [3.8, 4) is 0 Å². The molecule has 0 atom stereocenters. The Bertz CT molecular complexity index is 667. The molecule has 2 heterocycles. The van der Waals surface area contributed by atoms with Crippen molar-refractivity contribution in [1.82, 2.24) is 9.80 Å². The average Bonchev–Trinajstić information content (AvgIpc) is 3.13. The molecule has 1 amide bonds. The maximum Gasteiger partial charge on any atom is 0.233 e. The third kappa shape index (κ3) is 5.09. The van der Waals surface area contributed by atoms with Crippen LogP contribution in [0.4, 0.5) is 4.39 Å². The average molecular weight is 362 g/mol. The number of rotatable bonds is 6. The van der Waals surface area contributed by atoms with E-state index in [2.05, 4.69) is 11.9 Å². The van der Waals surface area contributed by atoms with E-state index in [0.717, 1.165) is 36.6 Å². The summed E-state index contributed by atoms with van der Waals surface area (Å²) in [5.41, 5.74) is 0. The van der Waals surface area contributed by atoms with Gasteiger partial charge in [-0.15, -0.1) is 11.8 Å². The third-order valence-electron chi connectivity index (χ3n) is 4.53. The summed E-state index contributed by atoms with van der Waals surface area (Å²) in [6.45, 7) is 2.50. The molecule has 1 aromatic heterocycles. The highest BCUT2D eigenvalue weighted by atomic mass is 32.2. The summed E-state index contributed by atoms with van der Waals surface area (Å²) in [6, 6.07) is 10.2. The monoisotopic (exact) mass is 362 g/mol. The van der Waals surface area contributed by atoms with Gasteiger partial charge in [0.05, 0.1) is 18.6 Å². The van der Waals surface area contributed by atoms with Crippen LogP contribution in [0.2, 0.25) is 0 Å².